The molecule has 0 unspecified atom stereocenters. The molecule has 1 aliphatic heterocycles. The van der Waals surface area contributed by atoms with Gasteiger partial charge in [-0.05, 0) is 65.2 Å². The second kappa shape index (κ2) is 10.2. The summed E-state index contributed by atoms with van der Waals surface area (Å²) in [6.07, 6.45) is 5.78. The average molecular weight is 535 g/mol. The van der Waals surface area contributed by atoms with E-state index in [-0.39, 0.29) is 5.41 Å². The van der Waals surface area contributed by atoms with Gasteiger partial charge in [-0.2, -0.15) is 0 Å². The zero-order valence-electron chi connectivity index (χ0n) is 21.1. The fourth-order valence-corrected chi connectivity index (χ4v) is 4.29. The van der Waals surface area contributed by atoms with Crippen LogP contribution < -0.4 is 9.64 Å². The van der Waals surface area contributed by atoms with Gasteiger partial charge in [-0.3, -0.25) is 4.98 Å². The summed E-state index contributed by atoms with van der Waals surface area (Å²) in [5.74, 6) is 2.46. The number of nitrogens with zero attached hydrogens (tertiary/aromatic N) is 4. The van der Waals surface area contributed by atoms with Gasteiger partial charge in [0.05, 0.1) is 29.5 Å². The number of hydrogen-bond acceptors (Lipinski definition) is 6. The van der Waals surface area contributed by atoms with E-state index < -0.39 is 0 Å². The van der Waals surface area contributed by atoms with Gasteiger partial charge in [-0.25, -0.2) is 9.97 Å². The van der Waals surface area contributed by atoms with Crippen molar-refractivity contribution in [1.29, 1.82) is 0 Å². The Labute approximate surface area is 215 Å². The summed E-state index contributed by atoms with van der Waals surface area (Å²) >= 11 is 3.75. The van der Waals surface area contributed by atoms with E-state index in [4.69, 9.17) is 14.5 Å². The minimum atomic E-state index is -0.132. The van der Waals surface area contributed by atoms with Gasteiger partial charge in [-0.1, -0.05) is 32.9 Å². The van der Waals surface area contributed by atoms with E-state index in [9.17, 15) is 0 Å². The maximum absolute atomic E-state index is 6.15. The largest absolute Gasteiger partial charge is 0.497 e. The molecule has 0 N–H and O–H groups in total. The fourth-order valence-electron chi connectivity index (χ4n) is 3.81. The third-order valence-electron chi connectivity index (χ3n) is 5.81. The number of ether oxygens (including phenoxy) is 2. The molecule has 0 aliphatic carbocycles. The second-order valence-corrected chi connectivity index (χ2v) is 10.6. The molecule has 4 rings (SSSR count). The van der Waals surface area contributed by atoms with Crippen molar-refractivity contribution >= 4 is 21.6 Å². The van der Waals surface area contributed by atoms with E-state index in [1.165, 1.54) is 0 Å². The van der Waals surface area contributed by atoms with Gasteiger partial charge in [-0.15, -0.1) is 0 Å². The summed E-state index contributed by atoms with van der Waals surface area (Å²) in [5.41, 5.74) is 5.84. The van der Waals surface area contributed by atoms with Crippen LogP contribution in [0.2, 0.25) is 0 Å². The molecule has 0 spiro atoms. The van der Waals surface area contributed by atoms with E-state index in [1.54, 1.807) is 13.3 Å². The van der Waals surface area contributed by atoms with Gasteiger partial charge in [0.15, 0.2) is 0 Å². The highest BCUT2D eigenvalue weighted by molar-refractivity contribution is 9.11. The van der Waals surface area contributed by atoms with Crippen molar-refractivity contribution in [3.8, 4) is 17.1 Å². The maximum atomic E-state index is 6.15. The van der Waals surface area contributed by atoms with Gasteiger partial charge in [0, 0.05) is 35.3 Å². The second-order valence-electron chi connectivity index (χ2n) is 9.65. The predicted octanol–water partition coefficient (Wildman–Crippen LogP) is 6.70. The van der Waals surface area contributed by atoms with E-state index >= 15 is 0 Å². The molecule has 0 saturated carbocycles. The molecule has 3 heterocycles. The Morgan fingerprint density at radius 2 is 1.86 bits per heavy atom. The highest BCUT2D eigenvalue weighted by Gasteiger charge is 2.22. The molecule has 0 fully saturated rings. The number of methoxy groups -OCH3 is 1. The summed E-state index contributed by atoms with van der Waals surface area (Å²) in [4.78, 5) is 16.2. The Hall–Kier alpha value is -3.19. The number of hydrogen-bond donors (Lipinski definition) is 0. The Bertz CT molecular complexity index is 1290. The van der Waals surface area contributed by atoms with Crippen LogP contribution in [0.5, 0.6) is 5.75 Å². The lowest BCUT2D eigenvalue weighted by Crippen LogP contribution is -2.27. The third-order valence-corrected chi connectivity index (χ3v) is 6.45. The van der Waals surface area contributed by atoms with Crippen molar-refractivity contribution in [3.05, 3.63) is 87.8 Å². The topological polar surface area (TPSA) is 60.4 Å². The molecule has 6 nitrogen and oxygen atoms in total. The van der Waals surface area contributed by atoms with Crippen molar-refractivity contribution < 1.29 is 9.47 Å². The van der Waals surface area contributed by atoms with Crippen molar-refractivity contribution in [1.82, 2.24) is 15.0 Å². The molecule has 182 valence electrons. The minimum Gasteiger partial charge on any atom is -0.497 e. The average Bonchev–Trinajstić information content (AvgIpc) is 2.84. The van der Waals surface area contributed by atoms with Gasteiger partial charge in [0.1, 0.15) is 23.9 Å². The minimum absolute atomic E-state index is 0.132. The first kappa shape index (κ1) is 24.9. The summed E-state index contributed by atoms with van der Waals surface area (Å²) in [6, 6.07) is 11.9. The zero-order valence-corrected chi connectivity index (χ0v) is 22.7. The monoisotopic (exact) mass is 534 g/mol. The third kappa shape index (κ3) is 5.73. The molecule has 0 saturated heterocycles. The Kier molecular flexibility index (Phi) is 7.26. The van der Waals surface area contributed by atoms with E-state index in [1.807, 2.05) is 36.5 Å². The van der Waals surface area contributed by atoms with Gasteiger partial charge < -0.3 is 14.4 Å². The molecule has 0 radical (unpaired) electrons. The standard InChI is InChI=1S/C28H31BrN4O2/c1-18-15-31-24(23-10-11-30-27(32-23)28(3,4)5)14-25(18)33-16-22(29)26(12-19(33)2)35-17-20-8-7-9-21(13-20)34-6/h7-15H,16-17H2,1-6H3. The normalized spacial score (nSPS) is 14.1. The first-order valence-corrected chi connectivity index (χ1v) is 12.4. The summed E-state index contributed by atoms with van der Waals surface area (Å²) in [5, 5.41) is 0. The SMILES string of the molecule is COc1cccc(COC2=C(Br)CN(c3cc(-c4ccnc(C(C)(C)C)n4)ncc3C)C(C)=C2)c1. The van der Waals surface area contributed by atoms with Crippen LogP contribution in [0.25, 0.3) is 11.4 Å². The van der Waals surface area contributed by atoms with Crippen LogP contribution >= 0.6 is 15.9 Å². The number of rotatable bonds is 6. The van der Waals surface area contributed by atoms with Gasteiger partial charge in [0.25, 0.3) is 0 Å². The molecule has 2 aromatic heterocycles. The molecular formula is C28H31BrN4O2. The number of pyridine rings is 1. The molecule has 0 bridgehead atoms. The van der Waals surface area contributed by atoms with Crippen molar-refractivity contribution in [2.75, 3.05) is 18.6 Å². The molecule has 7 heteroatoms. The number of aryl methyl sites for hydroxylation is 1. The Morgan fingerprint density at radius 3 is 2.60 bits per heavy atom. The molecule has 0 atom stereocenters. The number of halogens is 1. The molecule has 1 aliphatic rings. The van der Waals surface area contributed by atoms with Crippen molar-refractivity contribution in [3.63, 3.8) is 0 Å². The summed E-state index contributed by atoms with van der Waals surface area (Å²) < 4.78 is 12.5. The van der Waals surface area contributed by atoms with Crippen LogP contribution in [0.4, 0.5) is 5.69 Å². The Balaban J connectivity index is 1.56. The van der Waals surface area contributed by atoms with Crippen molar-refractivity contribution in [2.45, 2.75) is 46.6 Å². The van der Waals surface area contributed by atoms with Crippen LogP contribution in [0, 0.1) is 6.92 Å². The highest BCUT2D eigenvalue weighted by Crippen LogP contribution is 2.34. The lowest BCUT2D eigenvalue weighted by Gasteiger charge is -2.31. The van der Waals surface area contributed by atoms with Gasteiger partial charge >= 0.3 is 0 Å². The number of benzene rings is 1. The summed E-state index contributed by atoms with van der Waals surface area (Å²) in [6.45, 7) is 11.6. The maximum Gasteiger partial charge on any atom is 0.134 e. The quantitative estimate of drug-likeness (QED) is 0.350. The van der Waals surface area contributed by atoms with Crippen LogP contribution in [0.15, 0.2) is 70.8 Å². The van der Waals surface area contributed by atoms with E-state index in [0.717, 1.165) is 55.7 Å². The van der Waals surface area contributed by atoms with Crippen LogP contribution in [0.3, 0.4) is 0 Å². The predicted molar refractivity (Wildman–Crippen MR) is 144 cm³/mol. The fraction of sp³-hybridized carbons (Fsp3) is 0.321. The first-order chi connectivity index (χ1) is 16.7. The molecular weight excluding hydrogens is 504 g/mol. The Morgan fingerprint density at radius 1 is 1.06 bits per heavy atom. The molecule has 0 amide bonds. The van der Waals surface area contributed by atoms with Crippen LogP contribution in [-0.4, -0.2) is 28.6 Å². The molecule has 1 aromatic carbocycles. The van der Waals surface area contributed by atoms with Crippen LogP contribution in [0.1, 0.15) is 44.6 Å². The smallest absolute Gasteiger partial charge is 0.134 e. The zero-order chi connectivity index (χ0) is 25.2. The molecule has 3 aromatic rings. The first-order valence-electron chi connectivity index (χ1n) is 11.6. The lowest BCUT2D eigenvalue weighted by atomic mass is 9.95. The van der Waals surface area contributed by atoms with Crippen molar-refractivity contribution in [2.24, 2.45) is 0 Å². The summed E-state index contributed by atoms with van der Waals surface area (Å²) in [7, 11) is 1.67. The number of aromatic nitrogens is 3. The number of allylic oxidation sites excluding steroid dienone is 2. The van der Waals surface area contributed by atoms with E-state index in [0.29, 0.717) is 13.2 Å². The molecule has 35 heavy (non-hydrogen) atoms. The van der Waals surface area contributed by atoms with E-state index in [2.05, 4.69) is 77.6 Å². The van der Waals surface area contributed by atoms with Gasteiger partial charge in [0.2, 0.25) is 0 Å². The lowest BCUT2D eigenvalue weighted by molar-refractivity contribution is 0.208. The highest BCUT2D eigenvalue weighted by atomic mass is 79.9. The number of anilines is 1. The van der Waals surface area contributed by atoms with Crippen LogP contribution in [-0.2, 0) is 16.8 Å².